The Balaban J connectivity index is 1.48. The lowest BCUT2D eigenvalue weighted by Gasteiger charge is -2.30. The van der Waals surface area contributed by atoms with Crippen molar-refractivity contribution in [2.24, 2.45) is 4.99 Å². The van der Waals surface area contributed by atoms with Gasteiger partial charge in [-0.05, 0) is 41.0 Å². The number of amides is 1. The van der Waals surface area contributed by atoms with Crippen molar-refractivity contribution in [3.63, 3.8) is 0 Å². The van der Waals surface area contributed by atoms with E-state index in [4.69, 9.17) is 19.6 Å². The number of hydrazine groups is 1. The number of rotatable bonds is 12. The maximum Gasteiger partial charge on any atom is 0.266 e. The first-order chi connectivity index (χ1) is 19.7. The highest BCUT2D eigenvalue weighted by atomic mass is 16.5. The molecule has 0 radical (unpaired) electrons. The maximum atomic E-state index is 14.1. The second-order valence-corrected chi connectivity index (χ2v) is 9.66. The molecule has 0 fully saturated rings. The fraction of sp³-hybridized carbons (Fsp3) is 0.212. The Labute approximate surface area is 234 Å². The molecule has 3 N–H and O–H groups in total. The van der Waals surface area contributed by atoms with Gasteiger partial charge in [-0.15, -0.1) is 0 Å². The van der Waals surface area contributed by atoms with Gasteiger partial charge in [-0.1, -0.05) is 91.0 Å². The normalized spacial score (nSPS) is 18.0. The van der Waals surface area contributed by atoms with Crippen molar-refractivity contribution in [3.05, 3.63) is 138 Å². The second-order valence-electron chi connectivity index (χ2n) is 9.66. The van der Waals surface area contributed by atoms with Gasteiger partial charge in [0, 0.05) is 31.6 Å². The maximum absolute atomic E-state index is 14.1. The van der Waals surface area contributed by atoms with Crippen molar-refractivity contribution < 1.29 is 19.4 Å². The molecule has 0 unspecified atom stereocenters. The summed E-state index contributed by atoms with van der Waals surface area (Å²) in [6, 6.07) is 36.9. The van der Waals surface area contributed by atoms with Gasteiger partial charge < -0.3 is 14.6 Å². The lowest BCUT2D eigenvalue weighted by molar-refractivity contribution is -0.130. The molecule has 7 nitrogen and oxygen atoms in total. The molecule has 5 rings (SSSR count). The van der Waals surface area contributed by atoms with Gasteiger partial charge in [-0.3, -0.25) is 10.2 Å². The van der Waals surface area contributed by atoms with Crippen LogP contribution in [0, 0.1) is 0 Å². The molecule has 0 saturated heterocycles. The first-order valence-corrected chi connectivity index (χ1v) is 13.4. The highest BCUT2D eigenvalue weighted by molar-refractivity contribution is 6.01. The summed E-state index contributed by atoms with van der Waals surface area (Å²) in [5.74, 6) is 0.804. The summed E-state index contributed by atoms with van der Waals surface area (Å²) in [5.41, 5.74) is 8.38. The van der Waals surface area contributed by atoms with Crippen molar-refractivity contribution in [3.8, 4) is 5.75 Å². The molecule has 0 spiro atoms. The molecule has 40 heavy (non-hydrogen) atoms. The molecule has 0 saturated carbocycles. The minimum absolute atomic E-state index is 0.0787. The van der Waals surface area contributed by atoms with Crippen LogP contribution in [0.25, 0.3) is 0 Å². The molecular weight excluding hydrogens is 502 g/mol. The smallest absolute Gasteiger partial charge is 0.266 e. The Kier molecular flexibility index (Phi) is 8.86. The van der Waals surface area contributed by atoms with Crippen molar-refractivity contribution in [2.45, 2.75) is 31.0 Å². The van der Waals surface area contributed by atoms with E-state index in [1.807, 2.05) is 115 Å². The lowest BCUT2D eigenvalue weighted by atomic mass is 9.82. The van der Waals surface area contributed by atoms with Gasteiger partial charge in [0.25, 0.3) is 5.91 Å². The van der Waals surface area contributed by atoms with Crippen LogP contribution in [0.4, 0.5) is 0 Å². The third-order valence-electron chi connectivity index (χ3n) is 6.79. The number of ether oxygens (including phenoxy) is 2. The molecule has 0 aliphatic carbocycles. The Morgan fingerprint density at radius 1 is 0.850 bits per heavy atom. The molecule has 7 heteroatoms. The summed E-state index contributed by atoms with van der Waals surface area (Å²) in [4.78, 5) is 19.2. The van der Waals surface area contributed by atoms with Crippen molar-refractivity contribution in [2.75, 3.05) is 13.2 Å². The average Bonchev–Trinajstić information content (AvgIpc) is 3.39. The fourth-order valence-corrected chi connectivity index (χ4v) is 4.75. The van der Waals surface area contributed by atoms with Gasteiger partial charge in [0.2, 0.25) is 5.90 Å². The van der Waals surface area contributed by atoms with Gasteiger partial charge >= 0.3 is 0 Å². The van der Waals surface area contributed by atoms with Gasteiger partial charge in [-0.2, -0.15) is 0 Å². The fourth-order valence-electron chi connectivity index (χ4n) is 4.75. The summed E-state index contributed by atoms with van der Waals surface area (Å²) in [7, 11) is 0. The number of nitrogens with zero attached hydrogens (tertiary/aromatic N) is 1. The third-order valence-corrected chi connectivity index (χ3v) is 6.79. The number of benzene rings is 4. The number of carbonyl (C=O) groups excluding carboxylic acids is 1. The van der Waals surface area contributed by atoms with E-state index in [0.29, 0.717) is 37.6 Å². The molecular formula is C33H33N3O4. The molecule has 0 aromatic heterocycles. The summed E-state index contributed by atoms with van der Waals surface area (Å²) in [6.07, 6.45) is 0.257. The topological polar surface area (TPSA) is 92.2 Å². The van der Waals surface area contributed by atoms with E-state index >= 15 is 0 Å². The van der Waals surface area contributed by atoms with E-state index in [2.05, 4.69) is 10.9 Å². The number of hydrogen-bond donors (Lipinski definition) is 3. The Morgan fingerprint density at radius 2 is 1.48 bits per heavy atom. The zero-order valence-electron chi connectivity index (χ0n) is 22.2. The summed E-state index contributed by atoms with van der Waals surface area (Å²) in [5, 5.41) is 9.01. The Morgan fingerprint density at radius 3 is 2.12 bits per heavy atom. The van der Waals surface area contributed by atoms with E-state index in [-0.39, 0.29) is 12.5 Å². The summed E-state index contributed by atoms with van der Waals surface area (Å²) >= 11 is 0. The van der Waals surface area contributed by atoms with E-state index < -0.39 is 11.6 Å². The van der Waals surface area contributed by atoms with Crippen molar-refractivity contribution in [1.82, 2.24) is 10.9 Å². The van der Waals surface area contributed by atoms with Crippen LogP contribution in [0.3, 0.4) is 0 Å². The SMILES string of the molecule is O=C(NNCc1ccccc1)[C@@]1(Cc2ccccc2)N=C(c2ccc(OCCCO)cc2)O[C@H]1c1ccccc1. The predicted molar refractivity (Wildman–Crippen MR) is 155 cm³/mol. The molecule has 4 aromatic carbocycles. The number of carbonyl (C=O) groups is 1. The Hall–Kier alpha value is -4.46. The number of nitrogens with one attached hydrogen (secondary N) is 2. The minimum atomic E-state index is -1.27. The zero-order chi connectivity index (χ0) is 27.6. The molecule has 1 aliphatic rings. The van der Waals surface area contributed by atoms with Gasteiger partial charge in [0.1, 0.15) is 5.75 Å². The van der Waals surface area contributed by atoms with E-state index in [0.717, 1.165) is 22.3 Å². The van der Waals surface area contributed by atoms with E-state index in [1.54, 1.807) is 0 Å². The number of aliphatic imine (C=N–C) groups is 1. The monoisotopic (exact) mass is 535 g/mol. The molecule has 0 bridgehead atoms. The number of hydrogen-bond acceptors (Lipinski definition) is 6. The summed E-state index contributed by atoms with van der Waals surface area (Å²) in [6.45, 7) is 0.980. The van der Waals surface area contributed by atoms with Crippen LogP contribution in [-0.2, 0) is 22.5 Å². The predicted octanol–water partition coefficient (Wildman–Crippen LogP) is 4.77. The number of aliphatic hydroxyl groups excluding tert-OH is 1. The minimum Gasteiger partial charge on any atom is -0.494 e. The highest BCUT2D eigenvalue weighted by Crippen LogP contribution is 2.42. The zero-order valence-corrected chi connectivity index (χ0v) is 22.2. The van der Waals surface area contributed by atoms with Crippen LogP contribution in [0.1, 0.15) is 34.8 Å². The van der Waals surface area contributed by atoms with Crippen LogP contribution in [0.15, 0.2) is 120 Å². The Bertz CT molecular complexity index is 1400. The first-order valence-electron chi connectivity index (χ1n) is 13.4. The lowest BCUT2D eigenvalue weighted by Crippen LogP contribution is -2.53. The van der Waals surface area contributed by atoms with E-state index in [1.165, 1.54) is 0 Å². The standard InChI is InChI=1S/C33H33N3O4/c37-21-10-22-39-29-19-17-28(18-20-29)31-35-33(23-25-11-4-1-5-12-25,30(40-31)27-15-8-3-9-16-27)32(38)36-34-24-26-13-6-2-7-14-26/h1-9,11-20,30,34,37H,10,21-24H2,(H,36,38)/t30-,33-/m0/s1. The van der Waals surface area contributed by atoms with Crippen LogP contribution >= 0.6 is 0 Å². The first kappa shape index (κ1) is 27.1. The number of aliphatic hydroxyl groups is 1. The largest absolute Gasteiger partial charge is 0.494 e. The van der Waals surface area contributed by atoms with Gasteiger partial charge in [0.15, 0.2) is 11.6 Å². The van der Waals surface area contributed by atoms with Crippen LogP contribution in [0.2, 0.25) is 0 Å². The quantitative estimate of drug-likeness (QED) is 0.180. The van der Waals surface area contributed by atoms with E-state index in [9.17, 15) is 4.79 Å². The van der Waals surface area contributed by atoms with Crippen LogP contribution < -0.4 is 15.6 Å². The highest BCUT2D eigenvalue weighted by Gasteiger charge is 2.53. The van der Waals surface area contributed by atoms with Crippen molar-refractivity contribution in [1.29, 1.82) is 0 Å². The van der Waals surface area contributed by atoms with Gasteiger partial charge in [0.05, 0.1) is 6.61 Å². The average molecular weight is 536 g/mol. The molecule has 1 heterocycles. The molecule has 1 aliphatic heterocycles. The van der Waals surface area contributed by atoms with Crippen LogP contribution in [-0.4, -0.2) is 35.7 Å². The summed E-state index contributed by atoms with van der Waals surface area (Å²) < 4.78 is 12.2. The van der Waals surface area contributed by atoms with Gasteiger partial charge in [-0.25, -0.2) is 10.4 Å². The molecule has 204 valence electrons. The van der Waals surface area contributed by atoms with Crippen LogP contribution in [0.5, 0.6) is 5.75 Å². The third kappa shape index (κ3) is 6.39. The molecule has 2 atom stereocenters. The molecule has 1 amide bonds. The molecule has 4 aromatic rings. The van der Waals surface area contributed by atoms with Crippen molar-refractivity contribution >= 4 is 11.8 Å². The second kappa shape index (κ2) is 13.1.